The summed E-state index contributed by atoms with van der Waals surface area (Å²) < 4.78 is 0. The van der Waals surface area contributed by atoms with Crippen molar-refractivity contribution in [1.82, 2.24) is 4.90 Å². The Morgan fingerprint density at radius 2 is 1.75 bits per heavy atom. The highest BCUT2D eigenvalue weighted by molar-refractivity contribution is 6.07. The zero-order valence-corrected chi connectivity index (χ0v) is 15.8. The van der Waals surface area contributed by atoms with Gasteiger partial charge in [-0.1, -0.05) is 17.4 Å². The molecule has 0 unspecified atom stereocenters. The largest absolute Gasteiger partial charge is 0.294 e. The van der Waals surface area contributed by atoms with E-state index in [1.807, 2.05) is 20.8 Å². The Bertz CT molecular complexity index is 938. The van der Waals surface area contributed by atoms with Crippen LogP contribution in [0.4, 0.5) is 11.4 Å². The summed E-state index contributed by atoms with van der Waals surface area (Å²) in [4.78, 5) is 38.6. The third-order valence-electron chi connectivity index (χ3n) is 6.65. The summed E-state index contributed by atoms with van der Waals surface area (Å²) >= 11 is 0. The molecule has 28 heavy (non-hydrogen) atoms. The molecule has 2 aliphatic carbocycles. The molecule has 9 nitrogen and oxygen atoms in total. The number of rotatable bonds is 2. The van der Waals surface area contributed by atoms with Crippen LogP contribution in [-0.4, -0.2) is 39.3 Å². The number of amides is 2. The summed E-state index contributed by atoms with van der Waals surface area (Å²) in [7, 11) is 0. The number of anilines is 1. The van der Waals surface area contributed by atoms with Crippen molar-refractivity contribution in [2.75, 3.05) is 5.01 Å². The van der Waals surface area contributed by atoms with E-state index in [1.165, 1.54) is 11.0 Å². The number of nitrogens with zero attached hydrogens (tertiary/aromatic N) is 5. The van der Waals surface area contributed by atoms with E-state index in [9.17, 15) is 19.7 Å². The van der Waals surface area contributed by atoms with Gasteiger partial charge in [-0.2, -0.15) is 5.11 Å². The Morgan fingerprint density at radius 1 is 1.11 bits per heavy atom. The summed E-state index contributed by atoms with van der Waals surface area (Å²) in [6.07, 6.45) is 0.732. The van der Waals surface area contributed by atoms with Gasteiger partial charge in [0.2, 0.25) is 11.8 Å². The van der Waals surface area contributed by atoms with E-state index in [0.29, 0.717) is 5.69 Å². The lowest BCUT2D eigenvalue weighted by Crippen LogP contribution is -2.47. The van der Waals surface area contributed by atoms with E-state index in [1.54, 1.807) is 23.2 Å². The van der Waals surface area contributed by atoms with Gasteiger partial charge in [-0.05, 0) is 45.1 Å². The van der Waals surface area contributed by atoms with E-state index in [2.05, 4.69) is 10.3 Å². The van der Waals surface area contributed by atoms with Crippen molar-refractivity contribution in [3.05, 3.63) is 34.4 Å². The van der Waals surface area contributed by atoms with Crippen molar-refractivity contribution in [2.45, 2.75) is 44.8 Å². The van der Waals surface area contributed by atoms with Crippen LogP contribution in [0.2, 0.25) is 0 Å². The van der Waals surface area contributed by atoms with Gasteiger partial charge in [0, 0.05) is 11.6 Å². The minimum Gasteiger partial charge on any atom is -0.277 e. The summed E-state index contributed by atoms with van der Waals surface area (Å²) in [5.74, 6) is -1.08. The van der Waals surface area contributed by atoms with Gasteiger partial charge in [0.15, 0.2) is 0 Å². The smallest absolute Gasteiger partial charge is 0.277 e. The fourth-order valence-corrected chi connectivity index (χ4v) is 5.77. The number of carbonyl (C=O) groups excluding carboxylic acids is 2. The highest BCUT2D eigenvalue weighted by Gasteiger charge is 2.70. The molecule has 5 rings (SSSR count). The van der Waals surface area contributed by atoms with Crippen molar-refractivity contribution in [2.24, 2.45) is 34.0 Å². The number of carbonyl (C=O) groups is 2. The zero-order chi connectivity index (χ0) is 20.0. The highest BCUT2D eigenvalue weighted by atomic mass is 16.6. The van der Waals surface area contributed by atoms with Crippen molar-refractivity contribution < 1.29 is 14.5 Å². The van der Waals surface area contributed by atoms with Crippen LogP contribution in [0.3, 0.4) is 0 Å². The fraction of sp³-hybridized carbons (Fsp3) is 0.579. The van der Waals surface area contributed by atoms with Crippen LogP contribution >= 0.6 is 0 Å². The molecule has 4 aliphatic rings. The number of benzene rings is 1. The monoisotopic (exact) mass is 383 g/mol. The lowest BCUT2D eigenvalue weighted by molar-refractivity contribution is -0.384. The summed E-state index contributed by atoms with van der Waals surface area (Å²) in [5.41, 5.74) is -0.212. The molecule has 2 heterocycles. The lowest BCUT2D eigenvalue weighted by Gasteiger charge is -2.33. The number of hydrogen-bond donors (Lipinski definition) is 0. The molecule has 6 atom stereocenters. The van der Waals surface area contributed by atoms with E-state index >= 15 is 0 Å². The number of hydrogen-bond acceptors (Lipinski definition) is 7. The summed E-state index contributed by atoms with van der Waals surface area (Å²) in [6, 6.07) is 6.02. The van der Waals surface area contributed by atoms with Crippen LogP contribution in [0.5, 0.6) is 0 Å². The first kappa shape index (κ1) is 17.3. The molecule has 0 aromatic heterocycles. The van der Waals surface area contributed by atoms with Gasteiger partial charge in [-0.3, -0.25) is 24.6 Å². The normalized spacial score (nSPS) is 35.7. The third kappa shape index (κ3) is 2.01. The maximum atomic E-state index is 13.2. The van der Waals surface area contributed by atoms with Crippen LogP contribution in [0, 0.1) is 33.8 Å². The maximum Gasteiger partial charge on any atom is 0.294 e. The molecule has 2 bridgehead atoms. The first-order valence-electron chi connectivity index (χ1n) is 9.53. The second-order valence-corrected chi connectivity index (χ2v) is 9.07. The second kappa shape index (κ2) is 5.36. The van der Waals surface area contributed by atoms with Gasteiger partial charge in [0.1, 0.15) is 5.69 Å². The van der Waals surface area contributed by atoms with Crippen LogP contribution in [0.1, 0.15) is 27.2 Å². The van der Waals surface area contributed by atoms with Gasteiger partial charge in [0.25, 0.3) is 5.69 Å². The highest BCUT2D eigenvalue weighted by Crippen LogP contribution is 2.61. The van der Waals surface area contributed by atoms with E-state index in [0.717, 1.165) is 6.42 Å². The Labute approximate surface area is 161 Å². The number of imide groups is 1. The Hall–Kier alpha value is -2.84. The number of para-hydroxylation sites is 2. The van der Waals surface area contributed by atoms with Gasteiger partial charge in [-0.25, -0.2) is 5.01 Å². The van der Waals surface area contributed by atoms with Crippen molar-refractivity contribution in [1.29, 1.82) is 0 Å². The van der Waals surface area contributed by atoms with E-state index < -0.39 is 10.5 Å². The molecular formula is C19H21N5O4. The molecule has 2 aliphatic heterocycles. The van der Waals surface area contributed by atoms with Crippen molar-refractivity contribution in [3.8, 4) is 0 Å². The van der Waals surface area contributed by atoms with Gasteiger partial charge >= 0.3 is 0 Å². The predicted octanol–water partition coefficient (Wildman–Crippen LogP) is 2.57. The average molecular weight is 383 g/mol. The first-order valence-corrected chi connectivity index (χ1v) is 9.53. The minimum absolute atomic E-state index is 0.0356. The second-order valence-electron chi connectivity index (χ2n) is 9.07. The molecule has 1 aromatic carbocycles. The molecule has 9 heteroatoms. The molecule has 0 radical (unpaired) electrons. The summed E-state index contributed by atoms with van der Waals surface area (Å²) in [6.45, 7) is 5.60. The number of likely N-dealkylation sites (tertiary alicyclic amines) is 1. The van der Waals surface area contributed by atoms with Gasteiger partial charge in [-0.15, -0.1) is 0 Å². The molecule has 146 valence electrons. The topological polar surface area (TPSA) is 108 Å². The minimum atomic E-state index is -0.563. The maximum absolute atomic E-state index is 13.2. The third-order valence-corrected chi connectivity index (χ3v) is 6.65. The summed E-state index contributed by atoms with van der Waals surface area (Å²) in [5, 5.41) is 21.7. The molecule has 0 N–H and O–H groups in total. The van der Waals surface area contributed by atoms with Crippen molar-refractivity contribution in [3.63, 3.8) is 0 Å². The molecule has 2 saturated carbocycles. The van der Waals surface area contributed by atoms with Gasteiger partial charge in [0.05, 0.1) is 28.8 Å². The van der Waals surface area contributed by atoms with Gasteiger partial charge < -0.3 is 0 Å². The molecule has 1 saturated heterocycles. The number of nitro groups is 1. The Balaban J connectivity index is 1.53. The molecule has 2 amide bonds. The number of fused-ring (bicyclic) bond motifs is 8. The average Bonchev–Trinajstić information content (AvgIpc) is 3.34. The predicted molar refractivity (Wildman–Crippen MR) is 98.2 cm³/mol. The fourth-order valence-electron chi connectivity index (χ4n) is 5.77. The molecular weight excluding hydrogens is 362 g/mol. The van der Waals surface area contributed by atoms with Crippen LogP contribution in [0.25, 0.3) is 0 Å². The van der Waals surface area contributed by atoms with Crippen LogP contribution < -0.4 is 5.01 Å². The standard InChI is InChI=1S/C19H21N5O4/c1-19(2,3)22-17(25)13-9-8-10(14(13)18(22)26)16-15(9)20-21-23(16)11-6-4-5-7-12(11)24(27)28/h4-7,9-10,13-16H,8H2,1-3H3/t9-,10+,13+,14+,15-,16-/m1/s1. The van der Waals surface area contributed by atoms with Crippen molar-refractivity contribution >= 4 is 23.2 Å². The zero-order valence-electron chi connectivity index (χ0n) is 15.8. The van der Waals surface area contributed by atoms with Crippen LogP contribution in [0.15, 0.2) is 34.6 Å². The van der Waals surface area contributed by atoms with Crippen LogP contribution in [-0.2, 0) is 9.59 Å². The quantitative estimate of drug-likeness (QED) is 0.443. The van der Waals surface area contributed by atoms with E-state index in [-0.39, 0.29) is 53.3 Å². The van der Waals surface area contributed by atoms with E-state index in [4.69, 9.17) is 0 Å². The SMILES string of the molecule is CC(C)(C)N1C(=O)[C@H]2[C@H]3C[C@@H]([C@@H]2C1=O)[C@@H]1[C@@H]3N=NN1c1ccccc1[N+](=O)[O-]. The molecule has 3 fully saturated rings. The first-order chi connectivity index (χ1) is 13.2. The Morgan fingerprint density at radius 3 is 2.39 bits per heavy atom. The lowest BCUT2D eigenvalue weighted by atomic mass is 9.76. The number of nitro benzene ring substituents is 1. The Kier molecular flexibility index (Phi) is 3.31. The molecule has 1 aromatic rings. The molecule has 0 spiro atoms.